The maximum Gasteiger partial charge on any atom is 0.353 e. The van der Waals surface area contributed by atoms with Gasteiger partial charge in [-0.25, -0.2) is 9.37 Å². The lowest BCUT2D eigenvalue weighted by molar-refractivity contribution is -0.384. The zero-order chi connectivity index (χ0) is 14.0. The topological polar surface area (TPSA) is 117 Å². The Morgan fingerprint density at radius 3 is 2.63 bits per heavy atom. The first kappa shape index (κ1) is 12.6. The predicted molar refractivity (Wildman–Crippen MR) is 66.2 cm³/mol. The second-order valence-electron chi connectivity index (χ2n) is 3.59. The molecule has 0 spiro atoms. The standard InChI is InChI=1S/C11H9FN4O3/c12-7-5-6(13)1-2-8(7)19-9-3-4-15-11(14)10(9)16(17)18/h1-5H,13H2,(H2,14,15). The second-order valence-corrected chi connectivity index (χ2v) is 3.59. The van der Waals surface area contributed by atoms with E-state index in [1.807, 2.05) is 0 Å². The number of pyridine rings is 1. The number of nitro groups is 1. The zero-order valence-corrected chi connectivity index (χ0v) is 9.54. The molecule has 0 aliphatic rings. The molecule has 0 amide bonds. The smallest absolute Gasteiger partial charge is 0.353 e. The van der Waals surface area contributed by atoms with Crippen LogP contribution in [0, 0.1) is 15.9 Å². The Labute approximate surface area is 106 Å². The number of benzene rings is 1. The van der Waals surface area contributed by atoms with Crippen molar-refractivity contribution in [3.8, 4) is 11.5 Å². The lowest BCUT2D eigenvalue weighted by Crippen LogP contribution is -2.01. The van der Waals surface area contributed by atoms with Gasteiger partial charge in [0, 0.05) is 24.0 Å². The van der Waals surface area contributed by atoms with Crippen LogP contribution >= 0.6 is 0 Å². The highest BCUT2D eigenvalue weighted by molar-refractivity contribution is 5.62. The van der Waals surface area contributed by atoms with E-state index < -0.39 is 16.4 Å². The Balaban J connectivity index is 2.44. The fourth-order valence-electron chi connectivity index (χ4n) is 1.44. The molecule has 7 nitrogen and oxygen atoms in total. The van der Waals surface area contributed by atoms with E-state index in [1.54, 1.807) is 0 Å². The number of nitrogens with zero attached hydrogens (tertiary/aromatic N) is 2. The molecule has 0 unspecified atom stereocenters. The minimum Gasteiger partial charge on any atom is -0.447 e. The fraction of sp³-hybridized carbons (Fsp3) is 0. The number of aromatic nitrogens is 1. The van der Waals surface area contributed by atoms with E-state index >= 15 is 0 Å². The van der Waals surface area contributed by atoms with E-state index in [0.29, 0.717) is 0 Å². The molecule has 2 rings (SSSR count). The molecule has 0 radical (unpaired) electrons. The number of rotatable bonds is 3. The Kier molecular flexibility index (Phi) is 3.15. The van der Waals surface area contributed by atoms with Gasteiger partial charge in [-0.15, -0.1) is 0 Å². The lowest BCUT2D eigenvalue weighted by atomic mass is 10.3. The van der Waals surface area contributed by atoms with Crippen molar-refractivity contribution in [3.63, 3.8) is 0 Å². The van der Waals surface area contributed by atoms with Gasteiger partial charge in [-0.2, -0.15) is 0 Å². The van der Waals surface area contributed by atoms with E-state index in [0.717, 1.165) is 6.07 Å². The number of anilines is 2. The van der Waals surface area contributed by atoms with Gasteiger partial charge in [0.15, 0.2) is 11.6 Å². The quantitative estimate of drug-likeness (QED) is 0.498. The molecule has 0 aliphatic carbocycles. The molecule has 0 saturated heterocycles. The SMILES string of the molecule is Nc1ccc(Oc2ccnc(N)c2[N+](=O)[O-])c(F)c1. The molecule has 1 aromatic carbocycles. The highest BCUT2D eigenvalue weighted by Gasteiger charge is 2.21. The third-order valence-corrected chi connectivity index (χ3v) is 2.27. The molecular formula is C11H9FN4O3. The summed E-state index contributed by atoms with van der Waals surface area (Å²) in [6.07, 6.45) is 1.23. The van der Waals surface area contributed by atoms with Crippen LogP contribution in [-0.4, -0.2) is 9.91 Å². The highest BCUT2D eigenvalue weighted by atomic mass is 19.1. The Hall–Kier alpha value is -2.90. The second kappa shape index (κ2) is 4.77. The predicted octanol–water partition coefficient (Wildman–Crippen LogP) is 2.09. The molecule has 0 bridgehead atoms. The molecule has 19 heavy (non-hydrogen) atoms. The van der Waals surface area contributed by atoms with Crippen LogP contribution in [0.2, 0.25) is 0 Å². The van der Waals surface area contributed by atoms with Gasteiger partial charge in [-0.05, 0) is 12.1 Å². The average molecular weight is 264 g/mol. The molecule has 8 heteroatoms. The van der Waals surface area contributed by atoms with Crippen LogP contribution in [0.5, 0.6) is 11.5 Å². The summed E-state index contributed by atoms with van der Waals surface area (Å²) in [6.45, 7) is 0. The van der Waals surface area contributed by atoms with Gasteiger partial charge < -0.3 is 16.2 Å². The number of ether oxygens (including phenoxy) is 1. The largest absolute Gasteiger partial charge is 0.447 e. The van der Waals surface area contributed by atoms with E-state index in [9.17, 15) is 14.5 Å². The first-order valence-electron chi connectivity index (χ1n) is 5.11. The number of halogens is 1. The van der Waals surface area contributed by atoms with Gasteiger partial charge in [0.25, 0.3) is 0 Å². The molecule has 4 N–H and O–H groups in total. The van der Waals surface area contributed by atoms with Gasteiger partial charge in [0.05, 0.1) is 4.92 Å². The van der Waals surface area contributed by atoms with Crippen molar-refractivity contribution in [3.05, 3.63) is 46.4 Å². The van der Waals surface area contributed by atoms with Crippen LogP contribution in [0.1, 0.15) is 0 Å². The third kappa shape index (κ3) is 2.51. The zero-order valence-electron chi connectivity index (χ0n) is 9.54. The normalized spacial score (nSPS) is 10.2. The van der Waals surface area contributed by atoms with Crippen molar-refractivity contribution in [1.29, 1.82) is 0 Å². The summed E-state index contributed by atoms with van der Waals surface area (Å²) in [5.74, 6) is -1.42. The first-order chi connectivity index (χ1) is 8.99. The van der Waals surface area contributed by atoms with Crippen LogP contribution in [0.4, 0.5) is 21.6 Å². The maximum atomic E-state index is 13.5. The average Bonchev–Trinajstić information content (AvgIpc) is 2.32. The molecular weight excluding hydrogens is 255 g/mol. The molecule has 1 aromatic heterocycles. The highest BCUT2D eigenvalue weighted by Crippen LogP contribution is 2.35. The van der Waals surface area contributed by atoms with Crippen molar-refractivity contribution < 1.29 is 14.1 Å². The van der Waals surface area contributed by atoms with Crippen molar-refractivity contribution in [2.24, 2.45) is 0 Å². The summed E-state index contributed by atoms with van der Waals surface area (Å²) in [5, 5.41) is 10.9. The van der Waals surface area contributed by atoms with Gasteiger partial charge in [0.2, 0.25) is 11.6 Å². The van der Waals surface area contributed by atoms with Crippen LogP contribution < -0.4 is 16.2 Å². The van der Waals surface area contributed by atoms with Gasteiger partial charge >= 0.3 is 5.69 Å². The molecule has 0 fully saturated rings. The van der Waals surface area contributed by atoms with Crippen LogP contribution in [0.3, 0.4) is 0 Å². The summed E-state index contributed by atoms with van der Waals surface area (Å²) in [4.78, 5) is 13.7. The monoisotopic (exact) mass is 264 g/mol. The maximum absolute atomic E-state index is 13.5. The van der Waals surface area contributed by atoms with Crippen LogP contribution in [0.25, 0.3) is 0 Å². The number of hydrogen-bond acceptors (Lipinski definition) is 6. The van der Waals surface area contributed by atoms with E-state index in [-0.39, 0.29) is 23.0 Å². The van der Waals surface area contributed by atoms with Crippen LogP contribution in [-0.2, 0) is 0 Å². The minimum atomic E-state index is -0.743. The number of nitrogen functional groups attached to an aromatic ring is 2. The van der Waals surface area contributed by atoms with E-state index in [1.165, 1.54) is 24.4 Å². The van der Waals surface area contributed by atoms with Crippen LogP contribution in [0.15, 0.2) is 30.5 Å². The number of hydrogen-bond donors (Lipinski definition) is 2. The summed E-state index contributed by atoms with van der Waals surface area (Å²) in [5.41, 5.74) is 10.5. The lowest BCUT2D eigenvalue weighted by Gasteiger charge is -2.08. The fourth-order valence-corrected chi connectivity index (χ4v) is 1.44. The van der Waals surface area contributed by atoms with Crippen molar-refractivity contribution in [1.82, 2.24) is 4.98 Å². The molecule has 1 heterocycles. The van der Waals surface area contributed by atoms with E-state index in [4.69, 9.17) is 16.2 Å². The Bertz CT molecular complexity index is 648. The van der Waals surface area contributed by atoms with Gasteiger partial charge in [-0.1, -0.05) is 0 Å². The molecule has 2 aromatic rings. The van der Waals surface area contributed by atoms with Gasteiger partial charge in [0.1, 0.15) is 0 Å². The van der Waals surface area contributed by atoms with Crippen molar-refractivity contribution in [2.45, 2.75) is 0 Å². The number of nitrogens with two attached hydrogens (primary N) is 2. The Morgan fingerprint density at radius 1 is 1.26 bits per heavy atom. The summed E-state index contributed by atoms with van der Waals surface area (Å²) in [7, 11) is 0. The summed E-state index contributed by atoms with van der Waals surface area (Å²) < 4.78 is 18.7. The first-order valence-corrected chi connectivity index (χ1v) is 5.11. The molecule has 98 valence electrons. The molecule has 0 saturated carbocycles. The van der Waals surface area contributed by atoms with Gasteiger partial charge in [-0.3, -0.25) is 10.1 Å². The molecule has 0 aliphatic heterocycles. The molecule has 0 atom stereocenters. The van der Waals surface area contributed by atoms with Crippen molar-refractivity contribution in [2.75, 3.05) is 11.5 Å². The Morgan fingerprint density at radius 2 is 2.00 bits per heavy atom. The van der Waals surface area contributed by atoms with E-state index in [2.05, 4.69) is 4.98 Å². The van der Waals surface area contributed by atoms with Crippen molar-refractivity contribution >= 4 is 17.2 Å². The summed E-state index contributed by atoms with van der Waals surface area (Å²) in [6, 6.07) is 4.95. The third-order valence-electron chi connectivity index (χ3n) is 2.27. The summed E-state index contributed by atoms with van der Waals surface area (Å²) >= 11 is 0. The minimum absolute atomic E-state index is 0.192.